The number of nitrogens with zero attached hydrogens (tertiary/aromatic N) is 2. The van der Waals surface area contributed by atoms with Crippen LogP contribution in [-0.4, -0.2) is 27.4 Å². The fourth-order valence-corrected chi connectivity index (χ4v) is 6.12. The minimum atomic E-state index is -0.0184. The van der Waals surface area contributed by atoms with Gasteiger partial charge in [0.1, 0.15) is 15.7 Å². The van der Waals surface area contributed by atoms with E-state index >= 15 is 0 Å². The Labute approximate surface area is 199 Å². The number of hydrogen-bond donors (Lipinski definition) is 1. The number of aromatic nitrogens is 2. The third-order valence-corrected chi connectivity index (χ3v) is 7.47. The normalized spacial score (nSPS) is 11.2. The second-order valence-corrected chi connectivity index (χ2v) is 10.6. The van der Waals surface area contributed by atoms with E-state index in [1.54, 1.807) is 46.9 Å². The van der Waals surface area contributed by atoms with Gasteiger partial charge in [0.15, 0.2) is 5.78 Å². The van der Waals surface area contributed by atoms with Crippen LogP contribution < -0.4 is 5.32 Å². The standard InChI is InChI=1S/C24H23N3O2S3/c1-14(2)11-21(29)27-17-8-6-16(7-9-17)19(28)13-32-24-22-18(20-5-4-10-30-20)12-31-23(22)25-15(3)26-24/h4-10,12,14H,11,13H2,1-3H3,(H,27,29). The second kappa shape index (κ2) is 9.94. The van der Waals surface area contributed by atoms with Crippen LogP contribution in [0.1, 0.15) is 36.5 Å². The van der Waals surface area contributed by atoms with E-state index in [2.05, 4.69) is 32.1 Å². The molecular formula is C24H23N3O2S3. The van der Waals surface area contributed by atoms with Crippen molar-refractivity contribution < 1.29 is 9.59 Å². The molecule has 0 aliphatic heterocycles. The third-order valence-electron chi connectivity index (χ3n) is 4.72. The number of benzene rings is 1. The molecule has 164 valence electrons. The number of aryl methyl sites for hydroxylation is 1. The zero-order valence-corrected chi connectivity index (χ0v) is 20.5. The fourth-order valence-electron chi connectivity index (χ4n) is 3.27. The highest BCUT2D eigenvalue weighted by Gasteiger charge is 2.17. The number of amides is 1. The summed E-state index contributed by atoms with van der Waals surface area (Å²) in [5.74, 6) is 1.29. The lowest BCUT2D eigenvalue weighted by atomic mass is 10.1. The lowest BCUT2D eigenvalue weighted by molar-refractivity contribution is -0.116. The largest absolute Gasteiger partial charge is 0.326 e. The first-order valence-electron chi connectivity index (χ1n) is 10.3. The first-order chi connectivity index (χ1) is 15.4. The van der Waals surface area contributed by atoms with Gasteiger partial charge in [-0.2, -0.15) is 0 Å². The highest BCUT2D eigenvalue weighted by Crippen LogP contribution is 2.40. The van der Waals surface area contributed by atoms with Gasteiger partial charge in [0, 0.05) is 33.5 Å². The predicted octanol–water partition coefficient (Wildman–Crippen LogP) is 6.69. The number of rotatable bonds is 8. The van der Waals surface area contributed by atoms with Crippen LogP contribution in [0.15, 0.2) is 52.2 Å². The van der Waals surface area contributed by atoms with Crippen LogP contribution in [0.25, 0.3) is 20.7 Å². The second-order valence-electron chi connectivity index (χ2n) is 7.82. The molecule has 0 aliphatic rings. The number of carbonyl (C=O) groups is 2. The SMILES string of the molecule is Cc1nc(SCC(=O)c2ccc(NC(=O)CC(C)C)cc2)c2c(-c3cccs3)csc2n1. The summed E-state index contributed by atoms with van der Waals surface area (Å²) in [4.78, 5) is 36.1. The van der Waals surface area contributed by atoms with Gasteiger partial charge in [-0.15, -0.1) is 22.7 Å². The molecule has 8 heteroatoms. The number of thioether (sulfide) groups is 1. The Bertz CT molecular complexity index is 1250. The zero-order valence-electron chi connectivity index (χ0n) is 18.0. The lowest BCUT2D eigenvalue weighted by Crippen LogP contribution is -2.14. The summed E-state index contributed by atoms with van der Waals surface area (Å²) in [7, 11) is 0. The van der Waals surface area contributed by atoms with E-state index in [9.17, 15) is 9.59 Å². The van der Waals surface area contributed by atoms with Crippen LogP contribution in [0.4, 0.5) is 5.69 Å². The minimum Gasteiger partial charge on any atom is -0.326 e. The summed E-state index contributed by atoms with van der Waals surface area (Å²) < 4.78 is 0. The minimum absolute atomic E-state index is 0.0184. The van der Waals surface area contributed by atoms with Crippen molar-refractivity contribution >= 4 is 62.0 Å². The molecule has 0 spiro atoms. The summed E-state index contributed by atoms with van der Waals surface area (Å²) in [6, 6.07) is 11.2. The molecule has 0 fully saturated rings. The van der Waals surface area contributed by atoms with Crippen LogP contribution in [0.3, 0.4) is 0 Å². The van der Waals surface area contributed by atoms with Crippen molar-refractivity contribution in [2.45, 2.75) is 32.2 Å². The van der Waals surface area contributed by atoms with Crippen molar-refractivity contribution in [3.8, 4) is 10.4 Å². The molecule has 0 saturated heterocycles. The van der Waals surface area contributed by atoms with E-state index in [0.717, 1.165) is 20.8 Å². The highest BCUT2D eigenvalue weighted by atomic mass is 32.2. The molecular weight excluding hydrogens is 458 g/mol. The van der Waals surface area contributed by atoms with Gasteiger partial charge >= 0.3 is 0 Å². The van der Waals surface area contributed by atoms with Gasteiger partial charge in [-0.05, 0) is 48.6 Å². The molecule has 4 aromatic rings. The molecule has 1 amide bonds. The van der Waals surface area contributed by atoms with Crippen molar-refractivity contribution in [1.29, 1.82) is 0 Å². The summed E-state index contributed by atoms with van der Waals surface area (Å²) in [6.07, 6.45) is 0.472. The summed E-state index contributed by atoms with van der Waals surface area (Å²) in [5, 5.41) is 8.89. The van der Waals surface area contributed by atoms with E-state index in [1.807, 2.05) is 26.8 Å². The summed E-state index contributed by atoms with van der Waals surface area (Å²) in [6.45, 7) is 5.89. The molecule has 3 aromatic heterocycles. The van der Waals surface area contributed by atoms with Crippen LogP contribution in [0.2, 0.25) is 0 Å². The number of hydrogen-bond acceptors (Lipinski definition) is 7. The quantitative estimate of drug-likeness (QED) is 0.172. The fraction of sp³-hybridized carbons (Fsp3) is 0.250. The molecule has 0 unspecified atom stereocenters. The third kappa shape index (κ3) is 5.26. The maximum Gasteiger partial charge on any atom is 0.224 e. The Balaban J connectivity index is 1.48. The molecule has 4 rings (SSSR count). The van der Waals surface area contributed by atoms with Gasteiger partial charge < -0.3 is 5.32 Å². The molecule has 0 aliphatic carbocycles. The van der Waals surface area contributed by atoms with Crippen molar-refractivity contribution in [2.24, 2.45) is 5.92 Å². The van der Waals surface area contributed by atoms with E-state index in [0.29, 0.717) is 29.4 Å². The van der Waals surface area contributed by atoms with Gasteiger partial charge in [-0.25, -0.2) is 9.97 Å². The molecule has 0 saturated carbocycles. The lowest BCUT2D eigenvalue weighted by Gasteiger charge is -2.08. The van der Waals surface area contributed by atoms with E-state index < -0.39 is 0 Å². The van der Waals surface area contributed by atoms with Gasteiger partial charge in [-0.3, -0.25) is 9.59 Å². The molecule has 5 nitrogen and oxygen atoms in total. The Hall–Kier alpha value is -2.55. The first kappa shape index (κ1) is 22.6. The number of fused-ring (bicyclic) bond motifs is 1. The average molecular weight is 482 g/mol. The van der Waals surface area contributed by atoms with Crippen molar-refractivity contribution in [2.75, 3.05) is 11.1 Å². The predicted molar refractivity (Wildman–Crippen MR) is 135 cm³/mol. The number of Topliss-reactive ketones (excluding diaryl/α,β-unsaturated/α-hetero) is 1. The van der Waals surface area contributed by atoms with Crippen LogP contribution in [-0.2, 0) is 4.79 Å². The van der Waals surface area contributed by atoms with Crippen molar-refractivity contribution in [3.05, 3.63) is 58.5 Å². The molecule has 0 bridgehead atoms. The molecule has 1 aromatic carbocycles. The Morgan fingerprint density at radius 3 is 2.56 bits per heavy atom. The van der Waals surface area contributed by atoms with Gasteiger partial charge in [0.05, 0.1) is 11.1 Å². The number of anilines is 1. The molecule has 1 N–H and O–H groups in total. The maximum absolute atomic E-state index is 12.8. The number of nitrogens with one attached hydrogen (secondary N) is 1. The molecule has 0 atom stereocenters. The van der Waals surface area contributed by atoms with E-state index in [-0.39, 0.29) is 17.4 Å². The van der Waals surface area contributed by atoms with Gasteiger partial charge in [0.25, 0.3) is 0 Å². The zero-order chi connectivity index (χ0) is 22.7. The molecule has 32 heavy (non-hydrogen) atoms. The maximum atomic E-state index is 12.8. The number of ketones is 1. The van der Waals surface area contributed by atoms with Gasteiger partial charge in [0.2, 0.25) is 5.91 Å². The molecule has 3 heterocycles. The van der Waals surface area contributed by atoms with Crippen LogP contribution in [0.5, 0.6) is 0 Å². The van der Waals surface area contributed by atoms with Gasteiger partial charge in [-0.1, -0.05) is 31.7 Å². The Morgan fingerprint density at radius 1 is 1.09 bits per heavy atom. The number of thiophene rings is 2. The molecule has 0 radical (unpaired) electrons. The monoisotopic (exact) mass is 481 g/mol. The van der Waals surface area contributed by atoms with E-state index in [4.69, 9.17) is 0 Å². The van der Waals surface area contributed by atoms with E-state index in [1.165, 1.54) is 16.6 Å². The van der Waals surface area contributed by atoms with Crippen molar-refractivity contribution in [1.82, 2.24) is 9.97 Å². The van der Waals surface area contributed by atoms with Crippen LogP contribution >= 0.6 is 34.4 Å². The Kier molecular flexibility index (Phi) is 7.03. The topological polar surface area (TPSA) is 72.0 Å². The van der Waals surface area contributed by atoms with Crippen molar-refractivity contribution in [3.63, 3.8) is 0 Å². The average Bonchev–Trinajstić information content (AvgIpc) is 3.41. The highest BCUT2D eigenvalue weighted by molar-refractivity contribution is 8.00. The smallest absolute Gasteiger partial charge is 0.224 e. The first-order valence-corrected chi connectivity index (χ1v) is 13.0. The number of carbonyl (C=O) groups excluding carboxylic acids is 2. The Morgan fingerprint density at radius 2 is 1.88 bits per heavy atom. The van der Waals surface area contributed by atoms with Crippen LogP contribution in [0, 0.1) is 12.8 Å². The summed E-state index contributed by atoms with van der Waals surface area (Å²) >= 11 is 4.73. The summed E-state index contributed by atoms with van der Waals surface area (Å²) in [5.41, 5.74) is 2.44.